The van der Waals surface area contributed by atoms with E-state index in [1.54, 1.807) is 0 Å². The minimum absolute atomic E-state index is 0.454. The van der Waals surface area contributed by atoms with Crippen LogP contribution in [0.3, 0.4) is 0 Å². The van der Waals surface area contributed by atoms with Crippen LogP contribution in [0.4, 0.5) is 0 Å². The zero-order chi connectivity index (χ0) is 14.7. The van der Waals surface area contributed by atoms with Crippen LogP contribution in [0.1, 0.15) is 65.2 Å². The van der Waals surface area contributed by atoms with Crippen molar-refractivity contribution >= 4 is 0 Å². The lowest BCUT2D eigenvalue weighted by Crippen LogP contribution is -2.64. The first-order valence-corrected chi connectivity index (χ1v) is 9.29. The molecular weight excluding hydrogens is 260 g/mol. The van der Waals surface area contributed by atoms with Crippen molar-refractivity contribution in [3.8, 4) is 0 Å². The number of hydrogen-bond donors (Lipinski definition) is 1. The molecule has 21 heavy (non-hydrogen) atoms. The molecule has 3 aliphatic rings. The summed E-state index contributed by atoms with van der Waals surface area (Å²) in [4.78, 5) is 2.81. The summed E-state index contributed by atoms with van der Waals surface area (Å²) in [5.74, 6) is 0.749. The lowest BCUT2D eigenvalue weighted by molar-refractivity contribution is 0.0484. The molecule has 0 amide bonds. The topological polar surface area (TPSA) is 24.5 Å². The van der Waals surface area contributed by atoms with Crippen LogP contribution in [0.5, 0.6) is 0 Å². The molecule has 2 saturated heterocycles. The van der Waals surface area contributed by atoms with Crippen molar-refractivity contribution in [3.63, 3.8) is 0 Å². The summed E-state index contributed by atoms with van der Waals surface area (Å²) in [6.45, 7) is 9.50. The van der Waals surface area contributed by atoms with Gasteiger partial charge in [0.2, 0.25) is 0 Å². The summed E-state index contributed by atoms with van der Waals surface area (Å²) < 4.78 is 5.78. The number of nitrogens with one attached hydrogen (secondary N) is 1. The fourth-order valence-corrected chi connectivity index (χ4v) is 4.70. The van der Waals surface area contributed by atoms with E-state index < -0.39 is 0 Å². The van der Waals surface area contributed by atoms with Crippen LogP contribution in [0.2, 0.25) is 0 Å². The molecule has 3 rings (SSSR count). The Morgan fingerprint density at radius 1 is 1.24 bits per heavy atom. The zero-order valence-electron chi connectivity index (χ0n) is 14.1. The van der Waals surface area contributed by atoms with Gasteiger partial charge in [0.15, 0.2) is 0 Å². The second kappa shape index (κ2) is 6.97. The van der Waals surface area contributed by atoms with Gasteiger partial charge >= 0.3 is 0 Å². The lowest BCUT2D eigenvalue weighted by Gasteiger charge is -2.48. The van der Waals surface area contributed by atoms with E-state index in [2.05, 4.69) is 24.1 Å². The molecule has 1 aliphatic carbocycles. The highest BCUT2D eigenvalue weighted by molar-refractivity contribution is 5.01. The van der Waals surface area contributed by atoms with E-state index >= 15 is 0 Å². The Morgan fingerprint density at radius 3 is 2.71 bits per heavy atom. The molecule has 122 valence electrons. The molecule has 3 fully saturated rings. The number of piperazine rings is 1. The first kappa shape index (κ1) is 15.8. The highest BCUT2D eigenvalue weighted by Crippen LogP contribution is 2.34. The van der Waals surface area contributed by atoms with Gasteiger partial charge in [-0.25, -0.2) is 0 Å². The van der Waals surface area contributed by atoms with Gasteiger partial charge in [0, 0.05) is 31.3 Å². The highest BCUT2D eigenvalue weighted by atomic mass is 16.5. The average molecular weight is 294 g/mol. The highest BCUT2D eigenvalue weighted by Gasteiger charge is 2.41. The number of ether oxygens (including phenoxy) is 1. The van der Waals surface area contributed by atoms with Crippen LogP contribution in [0.15, 0.2) is 0 Å². The Balaban J connectivity index is 1.52. The monoisotopic (exact) mass is 294 g/mol. The van der Waals surface area contributed by atoms with Gasteiger partial charge in [0.1, 0.15) is 0 Å². The molecule has 0 aromatic carbocycles. The van der Waals surface area contributed by atoms with Crippen molar-refractivity contribution in [1.29, 1.82) is 0 Å². The molecule has 2 atom stereocenters. The minimum atomic E-state index is 0.454. The molecule has 3 heteroatoms. The third-order valence-corrected chi connectivity index (χ3v) is 5.99. The number of rotatable bonds is 5. The Hall–Kier alpha value is -0.120. The predicted molar refractivity (Wildman–Crippen MR) is 87.6 cm³/mol. The SMILES string of the molecule is CC(C)C1CNC2(CCCC2)CN1CCCC1CCCO1. The van der Waals surface area contributed by atoms with Crippen molar-refractivity contribution in [2.24, 2.45) is 5.92 Å². The van der Waals surface area contributed by atoms with E-state index in [0.717, 1.165) is 18.6 Å². The Bertz CT molecular complexity index is 319. The van der Waals surface area contributed by atoms with Crippen molar-refractivity contribution in [2.45, 2.75) is 82.9 Å². The van der Waals surface area contributed by atoms with Gasteiger partial charge in [-0.15, -0.1) is 0 Å². The second-order valence-corrected chi connectivity index (χ2v) is 7.93. The Kier molecular flexibility index (Phi) is 5.23. The molecule has 0 aromatic rings. The fraction of sp³-hybridized carbons (Fsp3) is 1.00. The van der Waals surface area contributed by atoms with Gasteiger partial charge in [-0.3, -0.25) is 4.90 Å². The van der Waals surface area contributed by atoms with Gasteiger partial charge in [-0.1, -0.05) is 26.7 Å². The Morgan fingerprint density at radius 2 is 2.05 bits per heavy atom. The molecule has 0 bridgehead atoms. The van der Waals surface area contributed by atoms with Crippen LogP contribution < -0.4 is 5.32 Å². The van der Waals surface area contributed by atoms with Crippen LogP contribution in [-0.2, 0) is 4.74 Å². The molecule has 2 heterocycles. The quantitative estimate of drug-likeness (QED) is 0.843. The van der Waals surface area contributed by atoms with E-state index in [0.29, 0.717) is 11.6 Å². The number of nitrogens with zero attached hydrogens (tertiary/aromatic N) is 1. The molecule has 1 saturated carbocycles. The maximum Gasteiger partial charge on any atom is 0.0576 e. The van der Waals surface area contributed by atoms with E-state index in [4.69, 9.17) is 4.74 Å². The molecule has 2 unspecified atom stereocenters. The molecule has 0 aromatic heterocycles. The first-order valence-electron chi connectivity index (χ1n) is 9.29. The van der Waals surface area contributed by atoms with Gasteiger partial charge in [-0.05, 0) is 51.0 Å². The smallest absolute Gasteiger partial charge is 0.0576 e. The van der Waals surface area contributed by atoms with Crippen molar-refractivity contribution in [2.75, 3.05) is 26.2 Å². The van der Waals surface area contributed by atoms with Crippen molar-refractivity contribution < 1.29 is 4.74 Å². The van der Waals surface area contributed by atoms with E-state index in [-0.39, 0.29) is 0 Å². The molecule has 1 N–H and O–H groups in total. The van der Waals surface area contributed by atoms with Gasteiger partial charge < -0.3 is 10.1 Å². The molecular formula is C18H34N2O. The van der Waals surface area contributed by atoms with Crippen molar-refractivity contribution in [3.05, 3.63) is 0 Å². The zero-order valence-corrected chi connectivity index (χ0v) is 14.1. The van der Waals surface area contributed by atoms with Crippen LogP contribution >= 0.6 is 0 Å². The van der Waals surface area contributed by atoms with E-state index in [9.17, 15) is 0 Å². The summed E-state index contributed by atoms with van der Waals surface area (Å²) >= 11 is 0. The summed E-state index contributed by atoms with van der Waals surface area (Å²) in [5, 5.41) is 3.92. The van der Waals surface area contributed by atoms with Crippen LogP contribution in [0.25, 0.3) is 0 Å². The van der Waals surface area contributed by atoms with Crippen molar-refractivity contribution in [1.82, 2.24) is 10.2 Å². The fourth-order valence-electron chi connectivity index (χ4n) is 4.70. The second-order valence-electron chi connectivity index (χ2n) is 7.93. The van der Waals surface area contributed by atoms with Gasteiger partial charge in [-0.2, -0.15) is 0 Å². The predicted octanol–water partition coefficient (Wildman–Crippen LogP) is 3.19. The van der Waals surface area contributed by atoms with Crippen LogP contribution in [-0.4, -0.2) is 48.8 Å². The third-order valence-electron chi connectivity index (χ3n) is 5.99. The number of hydrogen-bond acceptors (Lipinski definition) is 3. The standard InChI is InChI=1S/C18H34N2O/c1-15(2)17-13-19-18(9-3-4-10-18)14-20(17)11-5-7-16-8-6-12-21-16/h15-17,19H,3-14H2,1-2H3. The Labute approximate surface area is 130 Å². The summed E-state index contributed by atoms with van der Waals surface area (Å²) in [5.41, 5.74) is 0.454. The summed E-state index contributed by atoms with van der Waals surface area (Å²) in [6, 6.07) is 0.723. The van der Waals surface area contributed by atoms with Crippen LogP contribution in [0, 0.1) is 5.92 Å². The summed E-state index contributed by atoms with van der Waals surface area (Å²) in [6.07, 6.45) is 11.3. The van der Waals surface area contributed by atoms with E-state index in [1.165, 1.54) is 71.0 Å². The third kappa shape index (κ3) is 3.80. The van der Waals surface area contributed by atoms with Gasteiger partial charge in [0.05, 0.1) is 6.10 Å². The van der Waals surface area contributed by atoms with E-state index in [1.807, 2.05) is 0 Å². The minimum Gasteiger partial charge on any atom is -0.378 e. The molecule has 0 radical (unpaired) electrons. The summed E-state index contributed by atoms with van der Waals surface area (Å²) in [7, 11) is 0. The lowest BCUT2D eigenvalue weighted by atomic mass is 9.89. The largest absolute Gasteiger partial charge is 0.378 e. The molecule has 3 nitrogen and oxygen atoms in total. The average Bonchev–Trinajstić information content (AvgIpc) is 3.11. The molecule has 2 aliphatic heterocycles. The van der Waals surface area contributed by atoms with Gasteiger partial charge in [0.25, 0.3) is 0 Å². The normalized spacial score (nSPS) is 33.3. The first-order chi connectivity index (χ1) is 10.2. The molecule has 1 spiro atoms. The maximum absolute atomic E-state index is 5.78. The maximum atomic E-state index is 5.78.